The van der Waals surface area contributed by atoms with E-state index in [-0.39, 0.29) is 53.5 Å². The number of hydrogen-bond acceptors (Lipinski definition) is 6. The first-order valence-corrected chi connectivity index (χ1v) is 11.8. The minimum atomic E-state index is -1.26. The molecule has 1 aliphatic carbocycles. The fourth-order valence-corrected chi connectivity index (χ4v) is 6.19. The van der Waals surface area contributed by atoms with Crippen molar-refractivity contribution in [3.05, 3.63) is 46.1 Å². The summed E-state index contributed by atoms with van der Waals surface area (Å²) >= 11 is 7.51. The molecule has 4 rings (SSSR count). The SMILES string of the molecule is CC(=O)OCC1=C(C(=O)O)N2C(=O)[C@@H](NC(=O)C3(c4cccc(Cl)c4)CCCC3)[C@H]2SC1.[Na]. The van der Waals surface area contributed by atoms with Crippen LogP contribution >= 0.6 is 23.4 Å². The van der Waals surface area contributed by atoms with Gasteiger partial charge in [-0.1, -0.05) is 36.6 Å². The topological polar surface area (TPSA) is 113 Å². The zero-order valence-electron chi connectivity index (χ0n) is 18.4. The number of amides is 2. The third kappa shape index (κ3) is 4.84. The second kappa shape index (κ2) is 10.4. The van der Waals surface area contributed by atoms with Gasteiger partial charge >= 0.3 is 11.9 Å². The molecule has 1 aromatic rings. The number of ether oxygens (including phenoxy) is 1. The summed E-state index contributed by atoms with van der Waals surface area (Å²) in [6, 6.07) is 6.43. The molecule has 0 bridgehead atoms. The standard InChI is InChI=1S/C22H23ClN2O6S.Na/c1-12(26)31-10-13-11-32-19-16(18(27)25(19)17(13)20(28)29)24-21(30)22(7-2-3-8-22)14-5-4-6-15(23)9-14;/h4-6,9,16,19H,2-3,7-8,10-11H2,1H3,(H,24,30)(H,28,29);/t16-,19-;/m1./s1. The number of fused-ring (bicyclic) bond motifs is 1. The number of carbonyl (C=O) groups is 4. The van der Waals surface area contributed by atoms with Crippen molar-refractivity contribution in [1.82, 2.24) is 10.2 Å². The fraction of sp³-hybridized carbons (Fsp3) is 0.455. The molecule has 1 radical (unpaired) electrons. The number of thioether (sulfide) groups is 1. The number of carbonyl (C=O) groups excluding carboxylic acids is 3. The average Bonchev–Trinajstić information content (AvgIpc) is 3.26. The molecule has 2 fully saturated rings. The molecule has 0 unspecified atom stereocenters. The van der Waals surface area contributed by atoms with Gasteiger partial charge in [-0.05, 0) is 30.5 Å². The molecule has 1 saturated carbocycles. The maximum atomic E-state index is 13.4. The molecule has 11 heteroatoms. The van der Waals surface area contributed by atoms with Crippen LogP contribution in [-0.4, -0.2) is 87.1 Å². The van der Waals surface area contributed by atoms with Gasteiger partial charge in [-0.2, -0.15) is 0 Å². The van der Waals surface area contributed by atoms with Gasteiger partial charge in [0.1, 0.15) is 23.7 Å². The molecule has 171 valence electrons. The van der Waals surface area contributed by atoms with Crippen LogP contribution in [-0.2, 0) is 29.3 Å². The molecule has 2 N–H and O–H groups in total. The quantitative estimate of drug-likeness (QED) is 0.348. The summed E-state index contributed by atoms with van der Waals surface area (Å²) in [7, 11) is 0. The van der Waals surface area contributed by atoms with Crippen LogP contribution in [0, 0.1) is 0 Å². The second-order valence-electron chi connectivity index (χ2n) is 8.20. The van der Waals surface area contributed by atoms with Crippen LogP contribution in [0.25, 0.3) is 0 Å². The number of esters is 1. The zero-order valence-corrected chi connectivity index (χ0v) is 22.0. The van der Waals surface area contributed by atoms with Crippen LogP contribution in [0.15, 0.2) is 35.5 Å². The van der Waals surface area contributed by atoms with E-state index in [4.69, 9.17) is 16.3 Å². The summed E-state index contributed by atoms with van der Waals surface area (Å²) in [4.78, 5) is 50.5. The maximum absolute atomic E-state index is 13.4. The van der Waals surface area contributed by atoms with Crippen molar-refractivity contribution >= 4 is 76.7 Å². The van der Waals surface area contributed by atoms with Gasteiger partial charge in [-0.25, -0.2) is 4.79 Å². The van der Waals surface area contributed by atoms with Gasteiger partial charge in [-0.15, -0.1) is 11.8 Å². The van der Waals surface area contributed by atoms with Gasteiger partial charge in [0, 0.05) is 52.8 Å². The molecule has 8 nitrogen and oxygen atoms in total. The van der Waals surface area contributed by atoms with E-state index in [2.05, 4.69) is 5.32 Å². The molecule has 2 atom stereocenters. The normalized spacial score (nSPS) is 23.2. The third-order valence-electron chi connectivity index (χ3n) is 6.26. The minimum absolute atomic E-state index is 0. The first kappa shape index (κ1) is 26.1. The predicted octanol–water partition coefficient (Wildman–Crippen LogP) is 2.07. The summed E-state index contributed by atoms with van der Waals surface area (Å²) in [5.74, 6) is -2.22. The van der Waals surface area contributed by atoms with Crippen molar-refractivity contribution in [1.29, 1.82) is 0 Å². The van der Waals surface area contributed by atoms with Gasteiger partial charge in [0.05, 0.1) is 5.41 Å². The van der Waals surface area contributed by atoms with Gasteiger partial charge in [-0.3, -0.25) is 19.3 Å². The van der Waals surface area contributed by atoms with Crippen molar-refractivity contribution in [3.63, 3.8) is 0 Å². The Kier molecular flexibility index (Phi) is 8.22. The molecule has 1 aromatic carbocycles. The van der Waals surface area contributed by atoms with Crippen molar-refractivity contribution in [2.75, 3.05) is 12.4 Å². The first-order chi connectivity index (χ1) is 15.2. The molecule has 2 aliphatic heterocycles. The Balaban J connectivity index is 0.00000306. The number of carboxylic acids is 1. The molecular formula is C22H23ClN2NaO6S. The second-order valence-corrected chi connectivity index (χ2v) is 9.74. The summed E-state index contributed by atoms with van der Waals surface area (Å²) < 4.78 is 4.94. The summed E-state index contributed by atoms with van der Waals surface area (Å²) in [5, 5.41) is 12.6. The Bertz CT molecular complexity index is 1030. The van der Waals surface area contributed by atoms with Crippen LogP contribution in [0.3, 0.4) is 0 Å². The number of nitrogens with one attached hydrogen (secondary N) is 1. The van der Waals surface area contributed by atoms with Gasteiger partial charge in [0.25, 0.3) is 5.91 Å². The van der Waals surface area contributed by atoms with E-state index in [0.29, 0.717) is 23.4 Å². The largest absolute Gasteiger partial charge is 0.477 e. The Morgan fingerprint density at radius 2 is 2.00 bits per heavy atom. The van der Waals surface area contributed by atoms with E-state index < -0.39 is 34.7 Å². The molecule has 1 saturated heterocycles. The molecule has 2 heterocycles. The van der Waals surface area contributed by atoms with Crippen LogP contribution in [0.4, 0.5) is 0 Å². The zero-order chi connectivity index (χ0) is 23.0. The number of hydrogen-bond donors (Lipinski definition) is 2. The van der Waals surface area contributed by atoms with E-state index >= 15 is 0 Å². The number of β-lactam (4-membered cyclic amide) rings is 1. The van der Waals surface area contributed by atoms with Crippen LogP contribution in [0.2, 0.25) is 5.02 Å². The summed E-state index contributed by atoms with van der Waals surface area (Å²) in [6.45, 7) is 1.05. The van der Waals surface area contributed by atoms with E-state index in [1.807, 2.05) is 12.1 Å². The smallest absolute Gasteiger partial charge is 0.352 e. The van der Waals surface area contributed by atoms with Crippen LogP contribution < -0.4 is 5.32 Å². The number of nitrogens with zero attached hydrogens (tertiary/aromatic N) is 1. The number of rotatable bonds is 6. The van der Waals surface area contributed by atoms with Crippen molar-refractivity contribution in [2.45, 2.75) is 49.4 Å². The fourth-order valence-electron chi connectivity index (χ4n) is 4.67. The molecule has 2 amide bonds. The molecule has 0 spiro atoms. The molecule has 0 aromatic heterocycles. The van der Waals surface area contributed by atoms with E-state index in [1.54, 1.807) is 12.1 Å². The summed E-state index contributed by atoms with van der Waals surface area (Å²) in [6.07, 6.45) is 3.12. The number of benzene rings is 1. The monoisotopic (exact) mass is 501 g/mol. The Hall–Kier alpha value is -1.52. The Labute approximate surface area is 222 Å². The van der Waals surface area contributed by atoms with Gasteiger partial charge in [0.2, 0.25) is 5.91 Å². The van der Waals surface area contributed by atoms with Crippen molar-refractivity contribution in [3.8, 4) is 0 Å². The molecule has 3 aliphatic rings. The number of carboxylic acid groups (broad SMARTS) is 1. The van der Waals surface area contributed by atoms with Crippen molar-refractivity contribution < 1.29 is 29.0 Å². The van der Waals surface area contributed by atoms with E-state index in [1.165, 1.54) is 23.6 Å². The predicted molar refractivity (Wildman–Crippen MR) is 124 cm³/mol. The minimum Gasteiger partial charge on any atom is -0.477 e. The van der Waals surface area contributed by atoms with Crippen molar-refractivity contribution in [2.24, 2.45) is 0 Å². The van der Waals surface area contributed by atoms with Gasteiger partial charge in [0.15, 0.2) is 0 Å². The van der Waals surface area contributed by atoms with Crippen LogP contribution in [0.1, 0.15) is 38.2 Å². The average molecular weight is 502 g/mol. The molecule has 33 heavy (non-hydrogen) atoms. The maximum Gasteiger partial charge on any atom is 0.352 e. The molecular weight excluding hydrogens is 479 g/mol. The van der Waals surface area contributed by atoms with Gasteiger partial charge < -0.3 is 15.2 Å². The number of aliphatic carboxylic acids is 1. The third-order valence-corrected chi connectivity index (χ3v) is 7.83. The number of halogens is 1. The van der Waals surface area contributed by atoms with E-state index in [0.717, 1.165) is 18.4 Å². The van der Waals surface area contributed by atoms with Crippen LogP contribution in [0.5, 0.6) is 0 Å². The Morgan fingerprint density at radius 1 is 1.30 bits per heavy atom. The summed E-state index contributed by atoms with van der Waals surface area (Å²) in [5.41, 5.74) is 0.264. The Morgan fingerprint density at radius 3 is 2.61 bits per heavy atom. The van der Waals surface area contributed by atoms with E-state index in [9.17, 15) is 24.3 Å². The first-order valence-electron chi connectivity index (χ1n) is 10.3.